The quantitative estimate of drug-likeness (QED) is 0.790. The maximum absolute atomic E-state index is 15.6. The molecule has 3 fully saturated rings. The normalized spacial score (nSPS) is 28.9. The molecule has 152 valence electrons. The van der Waals surface area contributed by atoms with Crippen molar-refractivity contribution >= 4 is 11.8 Å². The molecule has 2 aromatic rings. The van der Waals surface area contributed by atoms with Crippen LogP contribution >= 0.6 is 0 Å². The summed E-state index contributed by atoms with van der Waals surface area (Å²) in [7, 11) is 0. The Bertz CT molecular complexity index is 990. The van der Waals surface area contributed by atoms with Crippen LogP contribution in [0, 0.1) is 12.8 Å². The fraction of sp³-hybridized carbons (Fsp3) is 0.476. The minimum absolute atomic E-state index is 0.172. The van der Waals surface area contributed by atoms with Crippen molar-refractivity contribution in [3.05, 3.63) is 41.7 Å². The molecule has 5 rings (SSSR count). The molecule has 3 aliphatic rings. The SMILES string of the molecule is Cc1onc(-c2ccccc2)c1C(=O)N1C[C@]2(F)CN(CC3CC3)C(=O)[C@]2(F)C1. The highest BCUT2D eigenvalue weighted by Gasteiger charge is 2.72. The molecule has 1 aromatic heterocycles. The van der Waals surface area contributed by atoms with E-state index >= 15 is 8.78 Å². The number of benzene rings is 1. The zero-order valence-corrected chi connectivity index (χ0v) is 16.0. The van der Waals surface area contributed by atoms with E-state index in [0.717, 1.165) is 17.7 Å². The molecule has 29 heavy (non-hydrogen) atoms. The highest BCUT2D eigenvalue weighted by atomic mass is 19.2. The van der Waals surface area contributed by atoms with Crippen LogP contribution < -0.4 is 0 Å². The van der Waals surface area contributed by atoms with Gasteiger partial charge in [0.15, 0.2) is 5.67 Å². The highest BCUT2D eigenvalue weighted by Crippen LogP contribution is 2.47. The summed E-state index contributed by atoms with van der Waals surface area (Å²) >= 11 is 0. The lowest BCUT2D eigenvalue weighted by atomic mass is 9.93. The molecule has 2 saturated heterocycles. The third kappa shape index (κ3) is 2.68. The van der Waals surface area contributed by atoms with Gasteiger partial charge in [0.25, 0.3) is 11.8 Å². The topological polar surface area (TPSA) is 66.7 Å². The second kappa shape index (κ2) is 6.11. The Morgan fingerprint density at radius 1 is 1.21 bits per heavy atom. The number of fused-ring (bicyclic) bond motifs is 1. The number of aryl methyl sites for hydroxylation is 1. The van der Waals surface area contributed by atoms with Crippen molar-refractivity contribution < 1.29 is 22.9 Å². The van der Waals surface area contributed by atoms with E-state index in [0.29, 0.717) is 23.7 Å². The van der Waals surface area contributed by atoms with E-state index in [2.05, 4.69) is 5.16 Å². The molecule has 8 heteroatoms. The minimum Gasteiger partial charge on any atom is -0.360 e. The van der Waals surface area contributed by atoms with E-state index < -0.39 is 36.2 Å². The van der Waals surface area contributed by atoms with Crippen molar-refractivity contribution in [2.75, 3.05) is 26.2 Å². The van der Waals surface area contributed by atoms with Crippen LogP contribution in [0.4, 0.5) is 8.78 Å². The number of carbonyl (C=O) groups is 2. The predicted octanol–water partition coefficient (Wildman–Crippen LogP) is 2.77. The Kier molecular flexibility index (Phi) is 3.85. The molecule has 6 nitrogen and oxygen atoms in total. The number of alkyl halides is 2. The summed E-state index contributed by atoms with van der Waals surface area (Å²) in [5.74, 6) is -0.802. The predicted molar refractivity (Wildman–Crippen MR) is 99.6 cm³/mol. The van der Waals surface area contributed by atoms with Crippen LogP contribution in [0.25, 0.3) is 11.3 Å². The lowest BCUT2D eigenvalue weighted by Gasteiger charge is -2.22. The minimum atomic E-state index is -2.70. The summed E-state index contributed by atoms with van der Waals surface area (Å²) < 4.78 is 36.3. The van der Waals surface area contributed by atoms with Crippen molar-refractivity contribution in [1.82, 2.24) is 15.0 Å². The maximum atomic E-state index is 15.6. The summed E-state index contributed by atoms with van der Waals surface area (Å²) in [4.78, 5) is 28.2. The summed E-state index contributed by atoms with van der Waals surface area (Å²) in [5.41, 5.74) is -3.93. The second-order valence-electron chi connectivity index (χ2n) is 8.39. The third-order valence-corrected chi connectivity index (χ3v) is 6.21. The molecule has 0 bridgehead atoms. The van der Waals surface area contributed by atoms with E-state index in [-0.39, 0.29) is 17.9 Å². The summed E-state index contributed by atoms with van der Waals surface area (Å²) in [6.45, 7) is 0.613. The first-order chi connectivity index (χ1) is 13.8. The Balaban J connectivity index is 1.42. The molecule has 0 radical (unpaired) electrons. The van der Waals surface area contributed by atoms with Gasteiger partial charge in [0.2, 0.25) is 5.67 Å². The number of hydrogen-bond donors (Lipinski definition) is 0. The molecule has 3 heterocycles. The largest absolute Gasteiger partial charge is 0.360 e. The number of rotatable bonds is 4. The molecule has 0 N–H and O–H groups in total. The molecule has 1 saturated carbocycles. The number of halogens is 2. The van der Waals surface area contributed by atoms with Gasteiger partial charge in [-0.05, 0) is 25.7 Å². The van der Waals surface area contributed by atoms with Crippen LogP contribution in [-0.2, 0) is 4.79 Å². The van der Waals surface area contributed by atoms with E-state index in [1.165, 1.54) is 4.90 Å². The number of likely N-dealkylation sites (tertiary alicyclic amines) is 2. The Hall–Kier alpha value is -2.77. The van der Waals surface area contributed by atoms with Crippen molar-refractivity contribution in [3.8, 4) is 11.3 Å². The van der Waals surface area contributed by atoms with E-state index in [4.69, 9.17) is 4.52 Å². The molecule has 2 atom stereocenters. The first-order valence-corrected chi connectivity index (χ1v) is 9.80. The van der Waals surface area contributed by atoms with Crippen molar-refractivity contribution in [1.29, 1.82) is 0 Å². The number of hydrogen-bond acceptors (Lipinski definition) is 4. The maximum Gasteiger partial charge on any atom is 0.265 e. The molecule has 0 unspecified atom stereocenters. The monoisotopic (exact) mass is 401 g/mol. The average molecular weight is 401 g/mol. The number of amides is 2. The van der Waals surface area contributed by atoms with Crippen molar-refractivity contribution in [3.63, 3.8) is 0 Å². The first kappa shape index (κ1) is 18.3. The number of carbonyl (C=O) groups excluding carboxylic acids is 2. The smallest absolute Gasteiger partial charge is 0.265 e. The van der Waals surface area contributed by atoms with Gasteiger partial charge in [-0.1, -0.05) is 35.5 Å². The molecule has 2 aliphatic heterocycles. The molecule has 0 spiro atoms. The van der Waals surface area contributed by atoms with Gasteiger partial charge in [0.1, 0.15) is 17.0 Å². The Morgan fingerprint density at radius 3 is 2.59 bits per heavy atom. The van der Waals surface area contributed by atoms with Gasteiger partial charge < -0.3 is 14.3 Å². The second-order valence-corrected chi connectivity index (χ2v) is 8.39. The van der Waals surface area contributed by atoms with Crippen LogP contribution in [0.15, 0.2) is 34.9 Å². The van der Waals surface area contributed by atoms with Gasteiger partial charge in [-0.25, -0.2) is 8.78 Å². The summed E-state index contributed by atoms with van der Waals surface area (Å²) in [5, 5.41) is 3.97. The summed E-state index contributed by atoms with van der Waals surface area (Å²) in [6, 6.07) is 8.99. The average Bonchev–Trinajstić information content (AvgIpc) is 3.33. The van der Waals surface area contributed by atoms with Crippen LogP contribution in [0.5, 0.6) is 0 Å². The first-order valence-electron chi connectivity index (χ1n) is 9.80. The lowest BCUT2D eigenvalue weighted by molar-refractivity contribution is -0.139. The van der Waals surface area contributed by atoms with Crippen LogP contribution in [0.2, 0.25) is 0 Å². The van der Waals surface area contributed by atoms with Gasteiger partial charge in [0.05, 0.1) is 19.6 Å². The molecule has 1 aromatic carbocycles. The Labute approximate surface area is 166 Å². The third-order valence-electron chi connectivity index (χ3n) is 6.21. The molecular weight excluding hydrogens is 380 g/mol. The molecule has 2 amide bonds. The van der Waals surface area contributed by atoms with Gasteiger partial charge in [0, 0.05) is 12.1 Å². The Morgan fingerprint density at radius 2 is 1.93 bits per heavy atom. The van der Waals surface area contributed by atoms with E-state index in [1.54, 1.807) is 31.2 Å². The lowest BCUT2D eigenvalue weighted by Crippen LogP contribution is -2.47. The molecular formula is C21H21F2N3O3. The fourth-order valence-electron chi connectivity index (χ4n) is 4.43. The van der Waals surface area contributed by atoms with Crippen LogP contribution in [-0.4, -0.2) is 64.3 Å². The zero-order chi connectivity index (χ0) is 20.4. The van der Waals surface area contributed by atoms with Crippen molar-refractivity contribution in [2.45, 2.75) is 31.1 Å². The van der Waals surface area contributed by atoms with E-state index in [1.807, 2.05) is 6.07 Å². The van der Waals surface area contributed by atoms with Crippen molar-refractivity contribution in [2.24, 2.45) is 5.92 Å². The van der Waals surface area contributed by atoms with Gasteiger partial charge >= 0.3 is 0 Å². The highest BCUT2D eigenvalue weighted by molar-refractivity contribution is 6.02. The van der Waals surface area contributed by atoms with Gasteiger partial charge in [-0.3, -0.25) is 9.59 Å². The number of aromatic nitrogens is 1. The van der Waals surface area contributed by atoms with Crippen LogP contribution in [0.1, 0.15) is 29.0 Å². The van der Waals surface area contributed by atoms with Gasteiger partial charge in [-0.2, -0.15) is 0 Å². The fourth-order valence-corrected chi connectivity index (χ4v) is 4.43. The number of nitrogens with zero attached hydrogens (tertiary/aromatic N) is 3. The molecule has 1 aliphatic carbocycles. The van der Waals surface area contributed by atoms with Crippen LogP contribution in [0.3, 0.4) is 0 Å². The zero-order valence-electron chi connectivity index (χ0n) is 16.0. The van der Waals surface area contributed by atoms with Gasteiger partial charge in [-0.15, -0.1) is 0 Å². The standard InChI is InChI=1S/C21H21F2N3O3/c1-13-16(17(24-29-13)15-5-3-2-4-6-15)18(27)26-11-20(22)10-25(9-14-7-8-14)19(28)21(20,23)12-26/h2-6,14H,7-12H2,1H3/t20-,21-/m1/s1. The summed E-state index contributed by atoms with van der Waals surface area (Å²) in [6.07, 6.45) is 1.98. The van der Waals surface area contributed by atoms with E-state index in [9.17, 15) is 9.59 Å².